The Morgan fingerprint density at radius 1 is 1.15 bits per heavy atom. The molecule has 2 aromatic rings. The Bertz CT molecular complexity index is 1340. The van der Waals surface area contributed by atoms with Crippen LogP contribution in [0, 0.1) is 7.14 Å². The number of nitrogens with zero attached hydrogens (tertiary/aromatic N) is 1. The fourth-order valence-corrected chi connectivity index (χ4v) is 5.82. The molecule has 0 fully saturated rings. The Kier molecular flexibility index (Phi) is 11.6. The monoisotopic (exact) mass is 774 g/mol. The summed E-state index contributed by atoms with van der Waals surface area (Å²) >= 11 is 4.35. The number of hydrazone groups is 1. The van der Waals surface area contributed by atoms with Crippen LogP contribution in [0.1, 0.15) is 31.0 Å². The number of methoxy groups -OCH3 is 1. The molecular formula is C27H28I2N4O7. The first-order chi connectivity index (χ1) is 19.2. The summed E-state index contributed by atoms with van der Waals surface area (Å²) in [5, 5.41) is 9.33. The lowest BCUT2D eigenvalue weighted by atomic mass is 9.95. The van der Waals surface area contributed by atoms with Crippen LogP contribution in [0.2, 0.25) is 0 Å². The highest BCUT2D eigenvalue weighted by Gasteiger charge is 2.32. The summed E-state index contributed by atoms with van der Waals surface area (Å²) in [6.45, 7) is 7.25. The molecule has 0 unspecified atom stereocenters. The predicted molar refractivity (Wildman–Crippen MR) is 166 cm³/mol. The van der Waals surface area contributed by atoms with E-state index < -0.39 is 23.9 Å². The molecule has 1 aliphatic heterocycles. The van der Waals surface area contributed by atoms with Crippen molar-refractivity contribution in [1.82, 2.24) is 16.1 Å². The zero-order chi connectivity index (χ0) is 29.2. The van der Waals surface area contributed by atoms with E-state index in [4.69, 9.17) is 18.9 Å². The second kappa shape index (κ2) is 14.9. The number of hydrogen-bond donors (Lipinski definition) is 3. The number of esters is 1. The maximum absolute atomic E-state index is 12.6. The van der Waals surface area contributed by atoms with E-state index in [2.05, 4.69) is 72.9 Å². The molecule has 3 amide bonds. The van der Waals surface area contributed by atoms with Crippen molar-refractivity contribution in [1.29, 1.82) is 0 Å². The second-order valence-corrected chi connectivity index (χ2v) is 10.5. The van der Waals surface area contributed by atoms with Gasteiger partial charge in [-0.3, -0.25) is 4.79 Å². The summed E-state index contributed by atoms with van der Waals surface area (Å²) in [5.41, 5.74) is 4.46. The molecule has 212 valence electrons. The van der Waals surface area contributed by atoms with E-state index >= 15 is 0 Å². The minimum atomic E-state index is -0.762. The molecule has 40 heavy (non-hydrogen) atoms. The highest BCUT2D eigenvalue weighted by Crippen LogP contribution is 2.34. The van der Waals surface area contributed by atoms with Gasteiger partial charge in [-0.1, -0.05) is 18.7 Å². The third-order valence-corrected chi connectivity index (χ3v) is 7.02. The van der Waals surface area contributed by atoms with Gasteiger partial charge in [-0.05, 0) is 94.4 Å². The first-order valence-corrected chi connectivity index (χ1v) is 14.1. The van der Waals surface area contributed by atoms with Crippen LogP contribution in [-0.2, 0) is 14.3 Å². The average molecular weight is 774 g/mol. The molecule has 3 N–H and O–H groups in total. The van der Waals surface area contributed by atoms with Crippen LogP contribution in [0.15, 0.2) is 59.4 Å². The summed E-state index contributed by atoms with van der Waals surface area (Å²) in [5.74, 6) is 0.344. The molecule has 1 heterocycles. The number of urea groups is 1. The predicted octanol–water partition coefficient (Wildman–Crippen LogP) is 4.19. The number of carbonyl (C=O) groups is 3. The molecule has 13 heteroatoms. The van der Waals surface area contributed by atoms with Gasteiger partial charge in [-0.25, -0.2) is 15.0 Å². The van der Waals surface area contributed by atoms with Crippen LogP contribution < -0.4 is 30.3 Å². The third-order valence-electron chi connectivity index (χ3n) is 5.41. The normalized spacial score (nSPS) is 14.7. The highest BCUT2D eigenvalue weighted by molar-refractivity contribution is 14.1. The number of halogens is 2. The van der Waals surface area contributed by atoms with Crippen LogP contribution in [0.4, 0.5) is 4.79 Å². The van der Waals surface area contributed by atoms with Gasteiger partial charge in [0.25, 0.3) is 5.91 Å². The van der Waals surface area contributed by atoms with Crippen LogP contribution in [0.5, 0.6) is 17.2 Å². The van der Waals surface area contributed by atoms with Crippen LogP contribution in [0.3, 0.4) is 0 Å². The molecule has 11 nitrogen and oxygen atoms in total. The first-order valence-electron chi connectivity index (χ1n) is 12.0. The van der Waals surface area contributed by atoms with E-state index in [1.54, 1.807) is 38.1 Å². The second-order valence-electron chi connectivity index (χ2n) is 8.20. The fraction of sp³-hybridized carbons (Fsp3) is 0.259. The molecule has 0 radical (unpaired) electrons. The molecule has 0 saturated carbocycles. The topological polar surface area (TPSA) is 137 Å². The number of hydrogen-bond acceptors (Lipinski definition) is 8. The number of allylic oxidation sites excluding steroid dienone is 1. The van der Waals surface area contributed by atoms with E-state index in [-0.39, 0.29) is 18.8 Å². The number of amides is 3. The van der Waals surface area contributed by atoms with E-state index in [1.807, 2.05) is 12.1 Å². The lowest BCUT2D eigenvalue weighted by Crippen LogP contribution is -2.45. The summed E-state index contributed by atoms with van der Waals surface area (Å²) in [6, 6.07) is 7.44. The zero-order valence-electron chi connectivity index (χ0n) is 22.0. The van der Waals surface area contributed by atoms with Gasteiger partial charge in [0.15, 0.2) is 18.1 Å². The smallest absolute Gasteiger partial charge is 0.338 e. The molecule has 1 aliphatic rings. The zero-order valence-corrected chi connectivity index (χ0v) is 26.3. The minimum absolute atomic E-state index is 0.189. The van der Waals surface area contributed by atoms with Crippen LogP contribution >= 0.6 is 45.2 Å². The van der Waals surface area contributed by atoms with E-state index in [1.165, 1.54) is 13.3 Å². The number of carbonyl (C=O) groups excluding carboxylic acids is 3. The Labute approximate surface area is 259 Å². The van der Waals surface area contributed by atoms with E-state index in [0.717, 1.165) is 18.5 Å². The van der Waals surface area contributed by atoms with Crippen LogP contribution in [-0.4, -0.2) is 51.1 Å². The number of ether oxygens (including phenoxy) is 4. The average Bonchev–Trinajstić information content (AvgIpc) is 2.91. The lowest BCUT2D eigenvalue weighted by molar-refractivity contribution is -0.139. The molecule has 0 bridgehead atoms. The molecule has 1 atom stereocenters. The number of rotatable bonds is 12. The van der Waals surface area contributed by atoms with Crippen molar-refractivity contribution >= 4 is 69.3 Å². The van der Waals surface area contributed by atoms with Gasteiger partial charge in [-0.2, -0.15) is 5.10 Å². The van der Waals surface area contributed by atoms with Gasteiger partial charge in [0.05, 0.1) is 38.7 Å². The Morgan fingerprint density at radius 3 is 2.52 bits per heavy atom. The summed E-state index contributed by atoms with van der Waals surface area (Å²) in [4.78, 5) is 37.0. The third kappa shape index (κ3) is 8.09. The van der Waals surface area contributed by atoms with Crippen molar-refractivity contribution in [3.63, 3.8) is 0 Å². The Balaban J connectivity index is 1.66. The maximum atomic E-state index is 12.6. The van der Waals surface area contributed by atoms with Gasteiger partial charge < -0.3 is 29.6 Å². The molecule has 0 aromatic heterocycles. The minimum Gasteiger partial charge on any atom is -0.493 e. The van der Waals surface area contributed by atoms with Gasteiger partial charge in [0, 0.05) is 5.70 Å². The van der Waals surface area contributed by atoms with Crippen molar-refractivity contribution in [3.05, 3.63) is 72.5 Å². The van der Waals surface area contributed by atoms with Crippen molar-refractivity contribution in [2.24, 2.45) is 5.10 Å². The standard InChI is InChI=1S/C27H28I2N4O7/c1-5-9-39-25-18(28)10-16(11-19(25)29)13-30-33-22(34)14-40-20-8-7-17(12-21(20)37-4)24-23(26(35)38-6-2)15(3)31-27(36)32-24/h5,7-8,10-13,24H,1,6,9,14H2,2-4H3,(H,33,34)(H2,31,32,36)/b30-13-/t24-/m1/s1. The summed E-state index contributed by atoms with van der Waals surface area (Å²) < 4.78 is 23.7. The van der Waals surface area contributed by atoms with Crippen molar-refractivity contribution in [3.8, 4) is 17.2 Å². The SMILES string of the molecule is C=CCOc1c(I)cc(/C=N\NC(=O)COc2ccc([C@H]3NC(=O)NC(C)=C3C(=O)OCC)cc2OC)cc1I. The molecule has 0 saturated heterocycles. The highest BCUT2D eigenvalue weighted by atomic mass is 127. The van der Waals surface area contributed by atoms with Crippen molar-refractivity contribution in [2.75, 3.05) is 26.9 Å². The number of nitrogens with one attached hydrogen (secondary N) is 3. The molecule has 2 aromatic carbocycles. The fourth-order valence-electron chi connectivity index (χ4n) is 3.69. The number of benzene rings is 2. The molecule has 0 spiro atoms. The molecule has 3 rings (SSSR count). The van der Waals surface area contributed by atoms with E-state index in [9.17, 15) is 14.4 Å². The quantitative estimate of drug-likeness (QED) is 0.0969. The van der Waals surface area contributed by atoms with Gasteiger partial charge >= 0.3 is 12.0 Å². The Morgan fingerprint density at radius 2 is 1.88 bits per heavy atom. The van der Waals surface area contributed by atoms with Gasteiger partial charge in [0.1, 0.15) is 12.4 Å². The lowest BCUT2D eigenvalue weighted by Gasteiger charge is -2.28. The summed E-state index contributed by atoms with van der Waals surface area (Å²) in [6.07, 6.45) is 3.20. The van der Waals surface area contributed by atoms with Crippen LogP contribution in [0.25, 0.3) is 0 Å². The largest absolute Gasteiger partial charge is 0.493 e. The Hall–Kier alpha value is -3.34. The first kappa shape index (κ1) is 31.2. The molecule has 0 aliphatic carbocycles. The van der Waals surface area contributed by atoms with Gasteiger partial charge in [0.2, 0.25) is 0 Å². The van der Waals surface area contributed by atoms with Crippen molar-refractivity contribution in [2.45, 2.75) is 19.9 Å². The van der Waals surface area contributed by atoms with E-state index in [0.29, 0.717) is 29.4 Å². The summed E-state index contributed by atoms with van der Waals surface area (Å²) in [7, 11) is 1.45. The van der Waals surface area contributed by atoms with Crippen molar-refractivity contribution < 1.29 is 33.3 Å². The van der Waals surface area contributed by atoms with Gasteiger partial charge in [-0.15, -0.1) is 0 Å². The molecular weight excluding hydrogens is 746 g/mol. The maximum Gasteiger partial charge on any atom is 0.338 e.